The van der Waals surface area contributed by atoms with Crippen LogP contribution in [0.15, 0.2) is 47.4 Å². The van der Waals surface area contributed by atoms with E-state index < -0.39 is 15.8 Å². The van der Waals surface area contributed by atoms with Crippen molar-refractivity contribution >= 4 is 15.9 Å². The fourth-order valence-corrected chi connectivity index (χ4v) is 5.03. The number of piperazine rings is 1. The van der Waals surface area contributed by atoms with E-state index in [1.807, 2.05) is 6.07 Å². The summed E-state index contributed by atoms with van der Waals surface area (Å²) >= 11 is 0. The molecule has 0 bridgehead atoms. The molecule has 1 saturated heterocycles. The normalized spacial score (nSPS) is 18.0. The number of fused-ring (bicyclic) bond motifs is 1. The molecule has 2 aromatic rings. The van der Waals surface area contributed by atoms with Gasteiger partial charge in [-0.2, -0.15) is 4.31 Å². The Kier molecular flexibility index (Phi) is 5.18. The van der Waals surface area contributed by atoms with Gasteiger partial charge in [0.2, 0.25) is 10.0 Å². The molecular weight excluding hydrogens is 383 g/mol. The summed E-state index contributed by atoms with van der Waals surface area (Å²) in [5, 5.41) is 0. The second-order valence-electron chi connectivity index (χ2n) is 6.94. The summed E-state index contributed by atoms with van der Waals surface area (Å²) in [6, 6.07) is 10.6. The van der Waals surface area contributed by atoms with Gasteiger partial charge in [-0.05, 0) is 53.9 Å². The fourth-order valence-electron chi connectivity index (χ4n) is 3.56. The van der Waals surface area contributed by atoms with Gasteiger partial charge in [0.15, 0.2) is 0 Å². The average molecular weight is 404 g/mol. The van der Waals surface area contributed by atoms with Crippen LogP contribution in [0, 0.1) is 5.82 Å². The molecule has 0 radical (unpaired) electrons. The Labute approximate surface area is 163 Å². The lowest BCUT2D eigenvalue weighted by Crippen LogP contribution is -2.50. The van der Waals surface area contributed by atoms with Gasteiger partial charge >= 0.3 is 0 Å². The molecule has 2 heterocycles. The van der Waals surface area contributed by atoms with Crippen molar-refractivity contribution in [2.24, 2.45) is 0 Å². The molecule has 0 atom stereocenters. The molecule has 0 unspecified atom stereocenters. The molecule has 28 heavy (non-hydrogen) atoms. The van der Waals surface area contributed by atoms with Crippen LogP contribution in [0.2, 0.25) is 0 Å². The summed E-state index contributed by atoms with van der Waals surface area (Å²) < 4.78 is 45.9. The first-order valence-electron chi connectivity index (χ1n) is 9.20. The van der Waals surface area contributed by atoms with Crippen LogP contribution in [-0.2, 0) is 27.8 Å². The summed E-state index contributed by atoms with van der Waals surface area (Å²) in [5.74, 6) is -0.620. The van der Waals surface area contributed by atoms with Gasteiger partial charge in [-0.1, -0.05) is 6.07 Å². The van der Waals surface area contributed by atoms with Gasteiger partial charge in [0.1, 0.15) is 5.82 Å². The number of hydrogen-bond acceptors (Lipinski definition) is 4. The molecule has 8 heteroatoms. The van der Waals surface area contributed by atoms with E-state index in [4.69, 9.17) is 4.74 Å². The Balaban J connectivity index is 1.45. The minimum atomic E-state index is -3.62. The van der Waals surface area contributed by atoms with Crippen molar-refractivity contribution in [1.82, 2.24) is 9.21 Å². The van der Waals surface area contributed by atoms with Crippen molar-refractivity contribution in [2.45, 2.75) is 17.9 Å². The van der Waals surface area contributed by atoms with Crippen molar-refractivity contribution < 1.29 is 22.3 Å². The second kappa shape index (κ2) is 7.62. The SMILES string of the molecule is O=C(c1ccc(F)cc1)N1CCN(S(=O)(=O)c2ccc3c(c2)COCC3)CC1. The monoisotopic (exact) mass is 404 g/mol. The fraction of sp³-hybridized carbons (Fsp3) is 0.350. The van der Waals surface area contributed by atoms with E-state index in [-0.39, 0.29) is 23.9 Å². The zero-order chi connectivity index (χ0) is 19.7. The number of hydrogen-bond donors (Lipinski definition) is 0. The van der Waals surface area contributed by atoms with Crippen LogP contribution in [-0.4, -0.2) is 56.3 Å². The number of ether oxygens (including phenoxy) is 1. The number of amides is 1. The molecule has 2 aliphatic heterocycles. The van der Waals surface area contributed by atoms with Crippen LogP contribution in [0.4, 0.5) is 4.39 Å². The van der Waals surface area contributed by atoms with Gasteiger partial charge in [0, 0.05) is 31.7 Å². The van der Waals surface area contributed by atoms with E-state index in [9.17, 15) is 17.6 Å². The number of benzene rings is 2. The Hall–Kier alpha value is -2.29. The maximum absolute atomic E-state index is 13.0. The van der Waals surface area contributed by atoms with Gasteiger partial charge in [-0.15, -0.1) is 0 Å². The molecule has 0 aliphatic carbocycles. The van der Waals surface area contributed by atoms with Crippen LogP contribution in [0.1, 0.15) is 21.5 Å². The minimum absolute atomic E-state index is 0.219. The van der Waals surface area contributed by atoms with E-state index in [1.165, 1.54) is 28.6 Å². The van der Waals surface area contributed by atoms with Gasteiger partial charge < -0.3 is 9.64 Å². The Morgan fingerprint density at radius 2 is 1.68 bits per heavy atom. The standard InChI is InChI=1S/C20H21FN2O4S/c21-18-4-1-16(2-5-18)20(24)22-8-10-23(11-9-22)28(25,26)19-6-3-15-7-12-27-14-17(15)13-19/h1-6,13H,7-12,14H2. The third-order valence-corrected chi connectivity index (χ3v) is 7.10. The maximum Gasteiger partial charge on any atom is 0.253 e. The van der Waals surface area contributed by atoms with Crippen LogP contribution in [0.25, 0.3) is 0 Å². The quantitative estimate of drug-likeness (QED) is 0.785. The third kappa shape index (κ3) is 3.67. The lowest BCUT2D eigenvalue weighted by atomic mass is 10.0. The number of nitrogens with zero attached hydrogens (tertiary/aromatic N) is 2. The van der Waals surface area contributed by atoms with Crippen molar-refractivity contribution in [2.75, 3.05) is 32.8 Å². The minimum Gasteiger partial charge on any atom is -0.376 e. The summed E-state index contributed by atoms with van der Waals surface area (Å²) in [4.78, 5) is 14.4. The van der Waals surface area contributed by atoms with Crippen molar-refractivity contribution in [3.63, 3.8) is 0 Å². The molecular formula is C20H21FN2O4S. The van der Waals surface area contributed by atoms with Crippen LogP contribution < -0.4 is 0 Å². The first-order valence-corrected chi connectivity index (χ1v) is 10.6. The molecule has 1 amide bonds. The van der Waals surface area contributed by atoms with Gasteiger partial charge in [0.25, 0.3) is 5.91 Å². The van der Waals surface area contributed by atoms with Crippen molar-refractivity contribution in [3.05, 3.63) is 65.0 Å². The molecule has 2 aromatic carbocycles. The van der Waals surface area contributed by atoms with Gasteiger partial charge in [-0.25, -0.2) is 12.8 Å². The van der Waals surface area contributed by atoms with Gasteiger partial charge in [-0.3, -0.25) is 4.79 Å². The second-order valence-corrected chi connectivity index (χ2v) is 8.87. The highest BCUT2D eigenvalue weighted by Gasteiger charge is 2.31. The van der Waals surface area contributed by atoms with Gasteiger partial charge in [0.05, 0.1) is 18.1 Å². The first-order chi connectivity index (χ1) is 13.4. The molecule has 4 rings (SSSR count). The number of rotatable bonds is 3. The van der Waals surface area contributed by atoms with E-state index in [2.05, 4.69) is 0 Å². The van der Waals surface area contributed by atoms with Crippen LogP contribution in [0.5, 0.6) is 0 Å². The summed E-state index contributed by atoms with van der Waals surface area (Å²) in [6.45, 7) is 2.13. The Bertz CT molecular complexity index is 984. The number of sulfonamides is 1. The van der Waals surface area contributed by atoms with Crippen LogP contribution >= 0.6 is 0 Å². The first kappa shape index (κ1) is 19.0. The van der Waals surface area contributed by atoms with E-state index in [0.29, 0.717) is 31.9 Å². The molecule has 148 valence electrons. The molecule has 1 fully saturated rings. The molecule has 0 spiro atoms. The lowest BCUT2D eigenvalue weighted by Gasteiger charge is -2.34. The van der Waals surface area contributed by atoms with Crippen molar-refractivity contribution in [3.8, 4) is 0 Å². The number of halogens is 1. The predicted molar refractivity (Wildman–Crippen MR) is 101 cm³/mol. The zero-order valence-corrected chi connectivity index (χ0v) is 16.1. The summed E-state index contributed by atoms with van der Waals surface area (Å²) in [7, 11) is -3.62. The summed E-state index contributed by atoms with van der Waals surface area (Å²) in [5.41, 5.74) is 2.43. The molecule has 0 aromatic heterocycles. The maximum atomic E-state index is 13.0. The van der Waals surface area contributed by atoms with E-state index in [1.54, 1.807) is 17.0 Å². The Morgan fingerprint density at radius 1 is 0.964 bits per heavy atom. The highest BCUT2D eigenvalue weighted by Crippen LogP contribution is 2.24. The van der Waals surface area contributed by atoms with Crippen LogP contribution in [0.3, 0.4) is 0 Å². The predicted octanol–water partition coefficient (Wildman–Crippen LogP) is 2.05. The smallest absolute Gasteiger partial charge is 0.253 e. The molecule has 2 aliphatic rings. The largest absolute Gasteiger partial charge is 0.376 e. The zero-order valence-electron chi connectivity index (χ0n) is 15.3. The Morgan fingerprint density at radius 3 is 2.39 bits per heavy atom. The molecule has 0 N–H and O–H groups in total. The molecule has 6 nitrogen and oxygen atoms in total. The number of carbonyl (C=O) groups excluding carboxylic acids is 1. The topological polar surface area (TPSA) is 66.9 Å². The number of carbonyl (C=O) groups is 1. The van der Waals surface area contributed by atoms with E-state index in [0.717, 1.165) is 17.5 Å². The third-order valence-electron chi connectivity index (χ3n) is 5.21. The highest BCUT2D eigenvalue weighted by molar-refractivity contribution is 7.89. The van der Waals surface area contributed by atoms with Crippen molar-refractivity contribution in [1.29, 1.82) is 0 Å². The molecule has 0 saturated carbocycles. The van der Waals surface area contributed by atoms with E-state index >= 15 is 0 Å². The lowest BCUT2D eigenvalue weighted by molar-refractivity contribution is 0.0698. The summed E-state index contributed by atoms with van der Waals surface area (Å²) in [6.07, 6.45) is 0.792. The average Bonchev–Trinajstić information content (AvgIpc) is 2.73. The highest BCUT2D eigenvalue weighted by atomic mass is 32.2.